The lowest BCUT2D eigenvalue weighted by atomic mass is 10.1. The molecule has 0 saturated carbocycles. The molecule has 3 rings (SSSR count). The molecule has 0 atom stereocenters. The van der Waals surface area contributed by atoms with Gasteiger partial charge in [-0.1, -0.05) is 24.3 Å². The lowest BCUT2D eigenvalue weighted by Crippen LogP contribution is -2.36. The van der Waals surface area contributed by atoms with Crippen molar-refractivity contribution in [3.05, 3.63) is 83.9 Å². The smallest absolute Gasteiger partial charge is 0.412 e. The lowest BCUT2D eigenvalue weighted by Gasteiger charge is -2.24. The topological polar surface area (TPSA) is 112 Å². The number of amides is 4. The second-order valence-corrected chi connectivity index (χ2v) is 11.3. The lowest BCUT2D eigenvalue weighted by molar-refractivity contribution is 0.0635. The Labute approximate surface area is 254 Å². The predicted octanol–water partition coefficient (Wildman–Crippen LogP) is 6.67. The third-order valence-corrected chi connectivity index (χ3v) is 6.14. The minimum absolute atomic E-state index is 0.209. The van der Waals surface area contributed by atoms with Crippen LogP contribution in [0, 0.1) is 0 Å². The molecule has 4 amide bonds. The number of hydrogen-bond donors (Lipinski definition) is 3. The predicted molar refractivity (Wildman–Crippen MR) is 171 cm³/mol. The van der Waals surface area contributed by atoms with E-state index in [1.54, 1.807) is 62.1 Å². The number of rotatable bonds is 12. The van der Waals surface area contributed by atoms with Crippen LogP contribution in [0.15, 0.2) is 72.8 Å². The Hall–Kier alpha value is -4.57. The van der Waals surface area contributed by atoms with E-state index in [-0.39, 0.29) is 11.9 Å². The maximum Gasteiger partial charge on any atom is 0.412 e. The summed E-state index contributed by atoms with van der Waals surface area (Å²) in [5.74, 6) is 0.413. The number of anilines is 3. The second kappa shape index (κ2) is 15.6. The van der Waals surface area contributed by atoms with Crippen LogP contribution in [0.5, 0.6) is 5.75 Å². The van der Waals surface area contributed by atoms with Crippen LogP contribution in [0.3, 0.4) is 0 Å². The van der Waals surface area contributed by atoms with Gasteiger partial charge in [-0.05, 0) is 109 Å². The number of hydrogen-bond acceptors (Lipinski definition) is 6. The van der Waals surface area contributed by atoms with Crippen molar-refractivity contribution >= 4 is 35.1 Å². The molecule has 10 nitrogen and oxygen atoms in total. The molecule has 43 heavy (non-hydrogen) atoms. The first kappa shape index (κ1) is 32.9. The van der Waals surface area contributed by atoms with Gasteiger partial charge in [-0.15, -0.1) is 0 Å². The van der Waals surface area contributed by atoms with Gasteiger partial charge in [0, 0.05) is 24.3 Å². The summed E-state index contributed by atoms with van der Waals surface area (Å²) >= 11 is 0. The van der Waals surface area contributed by atoms with Crippen molar-refractivity contribution in [1.82, 2.24) is 9.80 Å². The second-order valence-electron chi connectivity index (χ2n) is 11.3. The minimum atomic E-state index is -0.651. The fraction of sp³-hybridized carbons (Fsp3) is 0.364. The average Bonchev–Trinajstić information content (AvgIpc) is 2.94. The Kier molecular flexibility index (Phi) is 11.9. The van der Waals surface area contributed by atoms with Gasteiger partial charge in [-0.25, -0.2) is 9.59 Å². The van der Waals surface area contributed by atoms with Crippen LogP contribution in [-0.4, -0.2) is 67.2 Å². The Morgan fingerprint density at radius 3 is 2.00 bits per heavy atom. The summed E-state index contributed by atoms with van der Waals surface area (Å²) in [5.41, 5.74) is 2.22. The van der Waals surface area contributed by atoms with Crippen molar-refractivity contribution in [2.75, 3.05) is 49.7 Å². The van der Waals surface area contributed by atoms with Gasteiger partial charge in [0.2, 0.25) is 0 Å². The number of carbonyl (C=O) groups is 3. The van der Waals surface area contributed by atoms with E-state index < -0.39 is 11.7 Å². The number of carbonyl (C=O) groups excluding carboxylic acids is 3. The molecule has 3 aromatic rings. The zero-order chi connectivity index (χ0) is 31.4. The zero-order valence-corrected chi connectivity index (χ0v) is 25.9. The molecule has 0 fully saturated rings. The van der Waals surface area contributed by atoms with Crippen LogP contribution in [0.25, 0.3) is 0 Å². The van der Waals surface area contributed by atoms with Crippen molar-refractivity contribution in [2.24, 2.45) is 0 Å². The molecule has 0 aliphatic carbocycles. The average molecular weight is 590 g/mol. The van der Waals surface area contributed by atoms with Crippen LogP contribution >= 0.6 is 0 Å². The van der Waals surface area contributed by atoms with Crippen molar-refractivity contribution in [3.63, 3.8) is 0 Å². The van der Waals surface area contributed by atoms with E-state index in [9.17, 15) is 14.4 Å². The summed E-state index contributed by atoms with van der Waals surface area (Å²) in [6, 6.07) is 21.1. The van der Waals surface area contributed by atoms with E-state index in [2.05, 4.69) is 20.9 Å². The summed E-state index contributed by atoms with van der Waals surface area (Å²) in [6.07, 6.45) is 0.196. The maximum absolute atomic E-state index is 13.2. The number of nitrogens with zero attached hydrogens (tertiary/aromatic N) is 2. The number of nitrogens with one attached hydrogen (secondary N) is 3. The molecule has 3 aromatic carbocycles. The van der Waals surface area contributed by atoms with Crippen molar-refractivity contribution < 1.29 is 23.9 Å². The fourth-order valence-electron chi connectivity index (χ4n) is 4.12. The van der Waals surface area contributed by atoms with E-state index in [4.69, 9.17) is 9.47 Å². The Bertz CT molecular complexity index is 1350. The Morgan fingerprint density at radius 2 is 1.42 bits per heavy atom. The van der Waals surface area contributed by atoms with Crippen LogP contribution < -0.4 is 20.7 Å². The Morgan fingerprint density at radius 1 is 0.791 bits per heavy atom. The van der Waals surface area contributed by atoms with Gasteiger partial charge in [0.25, 0.3) is 5.91 Å². The van der Waals surface area contributed by atoms with Crippen LogP contribution in [0.4, 0.5) is 26.7 Å². The molecule has 0 heterocycles. The van der Waals surface area contributed by atoms with Gasteiger partial charge < -0.3 is 29.9 Å². The van der Waals surface area contributed by atoms with Gasteiger partial charge >= 0.3 is 12.1 Å². The summed E-state index contributed by atoms with van der Waals surface area (Å²) in [4.78, 5) is 42.4. The highest BCUT2D eigenvalue weighted by Gasteiger charge is 2.18. The molecule has 0 aromatic heterocycles. The quantitative estimate of drug-likeness (QED) is 0.218. The highest BCUT2D eigenvalue weighted by Crippen LogP contribution is 2.23. The fourth-order valence-corrected chi connectivity index (χ4v) is 4.12. The van der Waals surface area contributed by atoms with Crippen molar-refractivity contribution in [2.45, 2.75) is 46.3 Å². The van der Waals surface area contributed by atoms with Crippen molar-refractivity contribution in [3.8, 4) is 5.75 Å². The summed E-state index contributed by atoms with van der Waals surface area (Å²) < 4.78 is 10.8. The summed E-state index contributed by atoms with van der Waals surface area (Å²) in [7, 11) is 4.00. The van der Waals surface area contributed by atoms with Gasteiger partial charge in [0.15, 0.2) is 0 Å². The summed E-state index contributed by atoms with van der Waals surface area (Å²) in [6.45, 7) is 9.61. The van der Waals surface area contributed by atoms with Gasteiger partial charge in [0.05, 0.1) is 18.0 Å². The monoisotopic (exact) mass is 589 g/mol. The third kappa shape index (κ3) is 11.3. The number of benzene rings is 3. The van der Waals surface area contributed by atoms with E-state index in [0.717, 1.165) is 24.3 Å². The SMILES string of the molecule is CCOc1ccc(NC(=O)N(CCCN(C)C)Cc2ccc(C(=O)Nc3ccccc3NC(=O)OC(C)(C)C)cc2)cc1. The van der Waals surface area contributed by atoms with Crippen LogP contribution in [0.1, 0.15) is 50.0 Å². The molecule has 0 saturated heterocycles. The highest BCUT2D eigenvalue weighted by atomic mass is 16.6. The Balaban J connectivity index is 1.66. The van der Waals surface area contributed by atoms with E-state index >= 15 is 0 Å². The van der Waals surface area contributed by atoms with Gasteiger partial charge in [-0.3, -0.25) is 10.1 Å². The first-order valence-corrected chi connectivity index (χ1v) is 14.4. The zero-order valence-electron chi connectivity index (χ0n) is 25.9. The molecule has 0 bridgehead atoms. The molecule has 230 valence electrons. The normalized spacial score (nSPS) is 11.0. The third-order valence-electron chi connectivity index (χ3n) is 6.14. The van der Waals surface area contributed by atoms with Crippen LogP contribution in [0.2, 0.25) is 0 Å². The molecular weight excluding hydrogens is 546 g/mol. The molecule has 3 N–H and O–H groups in total. The maximum atomic E-state index is 13.2. The van der Waals surface area contributed by atoms with E-state index in [1.165, 1.54) is 0 Å². The van der Waals surface area contributed by atoms with E-state index in [0.29, 0.717) is 42.3 Å². The van der Waals surface area contributed by atoms with Gasteiger partial charge in [-0.2, -0.15) is 0 Å². The van der Waals surface area contributed by atoms with Crippen molar-refractivity contribution in [1.29, 1.82) is 0 Å². The molecule has 0 spiro atoms. The molecule has 10 heteroatoms. The van der Waals surface area contributed by atoms with Crippen LogP contribution in [-0.2, 0) is 11.3 Å². The minimum Gasteiger partial charge on any atom is -0.494 e. The first-order chi connectivity index (χ1) is 20.4. The number of ether oxygens (including phenoxy) is 2. The summed E-state index contributed by atoms with van der Waals surface area (Å²) in [5, 5.41) is 8.51. The molecule has 0 aliphatic heterocycles. The largest absolute Gasteiger partial charge is 0.494 e. The molecule has 0 radical (unpaired) electrons. The standard InChI is InChI=1S/C33H43N5O5/c1-7-42-27-19-17-26(18-20-27)34-31(40)38(22-10-21-37(5)6)23-24-13-15-25(16-14-24)30(39)35-28-11-8-9-12-29(28)36-32(41)43-33(2,3)4/h8-9,11-20H,7,10,21-23H2,1-6H3,(H,34,40)(H,35,39)(H,36,41). The number of para-hydroxylation sites is 2. The van der Waals surface area contributed by atoms with Gasteiger partial charge in [0.1, 0.15) is 11.4 Å². The molecule has 0 aliphatic rings. The molecule has 0 unspecified atom stereocenters. The first-order valence-electron chi connectivity index (χ1n) is 14.4. The van der Waals surface area contributed by atoms with E-state index in [1.807, 2.05) is 57.4 Å². The highest BCUT2D eigenvalue weighted by molar-refractivity contribution is 6.06. The molecular formula is C33H43N5O5. The number of urea groups is 1.